The summed E-state index contributed by atoms with van der Waals surface area (Å²) < 4.78 is 16.1. The molecule has 0 saturated heterocycles. The van der Waals surface area contributed by atoms with Gasteiger partial charge in [0.2, 0.25) is 0 Å². The quantitative estimate of drug-likeness (QED) is 0.307. The molecular formula is C18H9ClO5. The van der Waals surface area contributed by atoms with Crippen molar-refractivity contribution in [3.8, 4) is 5.75 Å². The standard InChI is InChI=1S/C18H9ClO5/c19-13-4-2-1-3-10(13)18(21)24-17-11-5-6-16(20)23-15(11)9-14-12(17)7-8-22-14/h1-9H. The number of hydrogen-bond acceptors (Lipinski definition) is 5. The molecule has 0 fully saturated rings. The molecule has 2 aromatic heterocycles. The zero-order chi connectivity index (χ0) is 16.7. The Labute approximate surface area is 140 Å². The van der Waals surface area contributed by atoms with Crippen molar-refractivity contribution in [2.45, 2.75) is 0 Å². The van der Waals surface area contributed by atoms with E-state index in [1.54, 1.807) is 42.5 Å². The first-order valence-corrected chi connectivity index (χ1v) is 7.42. The van der Waals surface area contributed by atoms with Crippen LogP contribution in [0.3, 0.4) is 0 Å². The molecule has 0 amide bonds. The molecular weight excluding hydrogens is 332 g/mol. The number of benzene rings is 2. The largest absolute Gasteiger partial charge is 0.464 e. The van der Waals surface area contributed by atoms with Crippen LogP contribution >= 0.6 is 11.6 Å². The Bertz CT molecular complexity index is 1140. The molecule has 0 atom stereocenters. The number of carbonyl (C=O) groups is 1. The molecule has 118 valence electrons. The normalized spacial score (nSPS) is 11.0. The first kappa shape index (κ1) is 14.5. The van der Waals surface area contributed by atoms with Crippen LogP contribution in [0.5, 0.6) is 5.75 Å². The molecule has 5 nitrogen and oxygen atoms in total. The molecule has 0 radical (unpaired) electrons. The van der Waals surface area contributed by atoms with E-state index in [4.69, 9.17) is 25.2 Å². The van der Waals surface area contributed by atoms with Gasteiger partial charge in [-0.05, 0) is 24.3 Å². The number of furan rings is 1. The molecule has 0 aliphatic rings. The van der Waals surface area contributed by atoms with Gasteiger partial charge in [0.15, 0.2) is 5.75 Å². The van der Waals surface area contributed by atoms with Crippen LogP contribution in [-0.4, -0.2) is 5.97 Å². The number of hydrogen-bond donors (Lipinski definition) is 0. The smallest absolute Gasteiger partial charge is 0.345 e. The van der Waals surface area contributed by atoms with E-state index in [2.05, 4.69) is 0 Å². The van der Waals surface area contributed by atoms with E-state index in [0.717, 1.165) is 0 Å². The highest BCUT2D eigenvalue weighted by atomic mass is 35.5. The lowest BCUT2D eigenvalue weighted by Gasteiger charge is -2.09. The molecule has 0 unspecified atom stereocenters. The summed E-state index contributed by atoms with van der Waals surface area (Å²) in [4.78, 5) is 23.9. The van der Waals surface area contributed by atoms with Gasteiger partial charge in [-0.1, -0.05) is 23.7 Å². The summed E-state index contributed by atoms with van der Waals surface area (Å²) in [7, 11) is 0. The van der Waals surface area contributed by atoms with Crippen LogP contribution in [0.4, 0.5) is 0 Å². The number of halogens is 1. The molecule has 6 heteroatoms. The molecule has 2 aromatic carbocycles. The SMILES string of the molecule is O=C(Oc1c2ccoc2cc2oc(=O)ccc12)c1ccccc1Cl. The maximum absolute atomic E-state index is 12.5. The van der Waals surface area contributed by atoms with Crippen LogP contribution in [0.25, 0.3) is 21.9 Å². The maximum Gasteiger partial charge on any atom is 0.345 e. The van der Waals surface area contributed by atoms with Crippen LogP contribution in [0.1, 0.15) is 10.4 Å². The van der Waals surface area contributed by atoms with E-state index in [9.17, 15) is 9.59 Å². The van der Waals surface area contributed by atoms with Gasteiger partial charge in [-0.15, -0.1) is 0 Å². The molecule has 0 aliphatic carbocycles. The first-order chi connectivity index (χ1) is 11.6. The van der Waals surface area contributed by atoms with Crippen molar-refractivity contribution in [2.24, 2.45) is 0 Å². The minimum absolute atomic E-state index is 0.241. The molecule has 0 aliphatic heterocycles. The van der Waals surface area contributed by atoms with Gasteiger partial charge in [0.05, 0.1) is 27.6 Å². The maximum atomic E-state index is 12.5. The van der Waals surface area contributed by atoms with Gasteiger partial charge in [-0.2, -0.15) is 0 Å². The summed E-state index contributed by atoms with van der Waals surface area (Å²) in [5.41, 5.74) is 0.452. The second kappa shape index (κ2) is 5.54. The molecule has 0 N–H and O–H groups in total. The topological polar surface area (TPSA) is 69.7 Å². The number of carbonyl (C=O) groups excluding carboxylic acids is 1. The number of esters is 1. The fourth-order valence-electron chi connectivity index (χ4n) is 2.49. The summed E-state index contributed by atoms with van der Waals surface area (Å²) >= 11 is 6.04. The van der Waals surface area contributed by atoms with E-state index in [1.165, 1.54) is 12.3 Å². The summed E-state index contributed by atoms with van der Waals surface area (Å²) in [5, 5.41) is 1.37. The fourth-order valence-corrected chi connectivity index (χ4v) is 2.71. The monoisotopic (exact) mass is 340 g/mol. The van der Waals surface area contributed by atoms with Crippen molar-refractivity contribution in [1.29, 1.82) is 0 Å². The average Bonchev–Trinajstić information content (AvgIpc) is 3.02. The molecule has 2 heterocycles. The van der Waals surface area contributed by atoms with Gasteiger partial charge >= 0.3 is 11.6 Å². The fraction of sp³-hybridized carbons (Fsp3) is 0. The molecule has 4 rings (SSSR count). The van der Waals surface area contributed by atoms with Crippen LogP contribution in [0.2, 0.25) is 5.02 Å². The number of rotatable bonds is 2. The molecule has 4 aromatic rings. The molecule has 0 saturated carbocycles. The third kappa shape index (κ3) is 2.35. The predicted molar refractivity (Wildman–Crippen MR) is 88.7 cm³/mol. The predicted octanol–water partition coefficient (Wildman–Crippen LogP) is 4.41. The molecule has 0 spiro atoms. The van der Waals surface area contributed by atoms with Crippen molar-refractivity contribution in [3.63, 3.8) is 0 Å². The zero-order valence-corrected chi connectivity index (χ0v) is 12.9. The highest BCUT2D eigenvalue weighted by molar-refractivity contribution is 6.33. The van der Waals surface area contributed by atoms with E-state index < -0.39 is 11.6 Å². The van der Waals surface area contributed by atoms with Gasteiger partial charge in [-0.25, -0.2) is 9.59 Å². The minimum Gasteiger partial charge on any atom is -0.464 e. The lowest BCUT2D eigenvalue weighted by molar-refractivity contribution is 0.0739. The Morgan fingerprint density at radius 1 is 1.00 bits per heavy atom. The van der Waals surface area contributed by atoms with Crippen LogP contribution in [0, 0.1) is 0 Å². The highest BCUT2D eigenvalue weighted by Crippen LogP contribution is 2.35. The first-order valence-electron chi connectivity index (χ1n) is 7.04. The molecule has 24 heavy (non-hydrogen) atoms. The Morgan fingerprint density at radius 2 is 1.79 bits per heavy atom. The van der Waals surface area contributed by atoms with E-state index in [0.29, 0.717) is 16.4 Å². The lowest BCUT2D eigenvalue weighted by Crippen LogP contribution is -2.10. The highest BCUT2D eigenvalue weighted by Gasteiger charge is 2.18. The Hall–Kier alpha value is -3.05. The van der Waals surface area contributed by atoms with E-state index in [1.807, 2.05) is 0 Å². The Morgan fingerprint density at radius 3 is 2.62 bits per heavy atom. The molecule has 0 bridgehead atoms. The van der Waals surface area contributed by atoms with Gasteiger partial charge in [0, 0.05) is 12.1 Å². The summed E-state index contributed by atoms with van der Waals surface area (Å²) in [6.45, 7) is 0. The van der Waals surface area contributed by atoms with Gasteiger partial charge in [0.25, 0.3) is 0 Å². The van der Waals surface area contributed by atoms with Crippen molar-refractivity contribution in [2.75, 3.05) is 0 Å². The second-order valence-electron chi connectivity index (χ2n) is 5.07. The van der Waals surface area contributed by atoms with Crippen molar-refractivity contribution in [1.82, 2.24) is 0 Å². The van der Waals surface area contributed by atoms with Crippen molar-refractivity contribution in [3.05, 3.63) is 75.8 Å². The van der Waals surface area contributed by atoms with Gasteiger partial charge < -0.3 is 13.6 Å². The Kier molecular flexibility index (Phi) is 3.36. The average molecular weight is 341 g/mol. The summed E-state index contributed by atoms with van der Waals surface area (Å²) in [6, 6.07) is 12.7. The zero-order valence-electron chi connectivity index (χ0n) is 12.1. The third-order valence-electron chi connectivity index (χ3n) is 3.60. The van der Waals surface area contributed by atoms with Crippen LogP contribution < -0.4 is 10.4 Å². The van der Waals surface area contributed by atoms with Crippen LogP contribution in [0.15, 0.2) is 68.4 Å². The number of ether oxygens (including phenoxy) is 1. The van der Waals surface area contributed by atoms with Crippen molar-refractivity contribution >= 4 is 39.5 Å². The number of fused-ring (bicyclic) bond motifs is 2. The minimum atomic E-state index is -0.609. The van der Waals surface area contributed by atoms with Crippen molar-refractivity contribution < 1.29 is 18.4 Å². The second-order valence-corrected chi connectivity index (χ2v) is 5.48. The van der Waals surface area contributed by atoms with Crippen LogP contribution in [-0.2, 0) is 0 Å². The van der Waals surface area contributed by atoms with E-state index >= 15 is 0 Å². The van der Waals surface area contributed by atoms with Gasteiger partial charge in [-0.3, -0.25) is 0 Å². The lowest BCUT2D eigenvalue weighted by atomic mass is 10.1. The van der Waals surface area contributed by atoms with Gasteiger partial charge in [0.1, 0.15) is 11.2 Å². The van der Waals surface area contributed by atoms with E-state index in [-0.39, 0.29) is 21.9 Å². The summed E-state index contributed by atoms with van der Waals surface area (Å²) in [6.07, 6.45) is 1.47. The summed E-state index contributed by atoms with van der Waals surface area (Å²) in [5.74, 6) is -0.355. The third-order valence-corrected chi connectivity index (χ3v) is 3.93. The Balaban J connectivity index is 1.91.